The summed E-state index contributed by atoms with van der Waals surface area (Å²) in [4.78, 5) is 57.7. The van der Waals surface area contributed by atoms with Crippen molar-refractivity contribution in [1.29, 1.82) is 0 Å². The number of nitro benzene ring substituents is 1. The molecule has 2 atom stereocenters. The Morgan fingerprint density at radius 1 is 0.976 bits per heavy atom. The zero-order valence-corrected chi connectivity index (χ0v) is 22.4. The highest BCUT2D eigenvalue weighted by Gasteiger charge is 2.68. The van der Waals surface area contributed by atoms with Gasteiger partial charge >= 0.3 is 0 Å². The van der Waals surface area contributed by atoms with Gasteiger partial charge in [0.1, 0.15) is 5.69 Å². The zero-order valence-electron chi connectivity index (χ0n) is 21.7. The monoisotopic (exact) mass is 577 g/mol. The van der Waals surface area contributed by atoms with Crippen LogP contribution in [0.4, 0.5) is 11.4 Å². The van der Waals surface area contributed by atoms with E-state index in [4.69, 9.17) is 11.6 Å². The van der Waals surface area contributed by atoms with Gasteiger partial charge in [-0.1, -0.05) is 60.1 Å². The molecule has 4 aromatic rings. The fourth-order valence-corrected chi connectivity index (χ4v) is 7.05. The molecule has 206 valence electrons. The first kappa shape index (κ1) is 25.7. The standard InChI is InChI=1S/C31H20ClN5O5/c32-18-9-10-23(24(15-18)37(41)42)36-29(39)26-25-19-5-1-3-7-21(19)31(27(26)30(36)40,22-8-4-2-6-20(22)25)16-34-35-28(38)17-11-13-33-14-12-17/h1-16,25-27H,(H,35,38)/b34-16-/t25?,26-,27+,31?/m1/s1. The Labute approximate surface area is 243 Å². The van der Waals surface area contributed by atoms with E-state index in [1.807, 2.05) is 48.5 Å². The summed E-state index contributed by atoms with van der Waals surface area (Å²) in [6, 6.07) is 22.1. The molecular formula is C31H20ClN5O5. The van der Waals surface area contributed by atoms with Crippen molar-refractivity contribution in [2.45, 2.75) is 11.3 Å². The van der Waals surface area contributed by atoms with Crippen molar-refractivity contribution in [1.82, 2.24) is 10.4 Å². The molecule has 1 fully saturated rings. The molecule has 1 N–H and O–H groups in total. The summed E-state index contributed by atoms with van der Waals surface area (Å²) in [6.45, 7) is 0. The maximum absolute atomic E-state index is 14.4. The van der Waals surface area contributed by atoms with Crippen molar-refractivity contribution >= 4 is 46.9 Å². The van der Waals surface area contributed by atoms with Crippen LogP contribution >= 0.6 is 11.6 Å². The fourth-order valence-electron chi connectivity index (χ4n) is 6.88. The van der Waals surface area contributed by atoms with Crippen molar-refractivity contribution in [3.8, 4) is 0 Å². The van der Waals surface area contributed by atoms with Crippen molar-refractivity contribution in [3.05, 3.63) is 134 Å². The summed E-state index contributed by atoms with van der Waals surface area (Å²) in [5.74, 6) is -3.90. The number of pyridine rings is 1. The van der Waals surface area contributed by atoms with Crippen LogP contribution < -0.4 is 10.3 Å². The predicted octanol–water partition coefficient (Wildman–Crippen LogP) is 4.61. The molecule has 2 heterocycles. The van der Waals surface area contributed by atoms with Crippen molar-refractivity contribution in [2.75, 3.05) is 4.90 Å². The van der Waals surface area contributed by atoms with E-state index in [1.54, 1.807) is 12.1 Å². The van der Waals surface area contributed by atoms with Gasteiger partial charge in [0.2, 0.25) is 11.8 Å². The van der Waals surface area contributed by atoms with Gasteiger partial charge in [-0.15, -0.1) is 0 Å². The summed E-state index contributed by atoms with van der Waals surface area (Å²) < 4.78 is 0. The molecule has 0 radical (unpaired) electrons. The molecular weight excluding hydrogens is 558 g/mol. The average molecular weight is 578 g/mol. The van der Waals surface area contributed by atoms with Gasteiger partial charge in [0.25, 0.3) is 11.6 Å². The van der Waals surface area contributed by atoms with Crippen molar-refractivity contribution in [2.24, 2.45) is 16.9 Å². The molecule has 42 heavy (non-hydrogen) atoms. The molecule has 3 aromatic carbocycles. The van der Waals surface area contributed by atoms with E-state index in [-0.39, 0.29) is 10.7 Å². The molecule has 3 amide bonds. The Hall–Kier alpha value is -5.22. The third kappa shape index (κ3) is 3.48. The minimum atomic E-state index is -1.25. The minimum Gasteiger partial charge on any atom is -0.274 e. The van der Waals surface area contributed by atoms with Gasteiger partial charge in [-0.25, -0.2) is 10.3 Å². The van der Waals surface area contributed by atoms with Crippen LogP contribution in [0.15, 0.2) is 96.4 Å². The van der Waals surface area contributed by atoms with Gasteiger partial charge in [0.15, 0.2) is 0 Å². The van der Waals surface area contributed by atoms with E-state index in [9.17, 15) is 24.5 Å². The van der Waals surface area contributed by atoms with Crippen LogP contribution in [0.5, 0.6) is 0 Å². The number of carbonyl (C=O) groups excluding carboxylic acids is 3. The Kier molecular flexibility index (Phi) is 5.77. The molecule has 0 unspecified atom stereocenters. The van der Waals surface area contributed by atoms with Gasteiger partial charge in [0.05, 0.1) is 22.2 Å². The van der Waals surface area contributed by atoms with Gasteiger partial charge in [-0.2, -0.15) is 5.10 Å². The summed E-state index contributed by atoms with van der Waals surface area (Å²) in [5, 5.41) is 16.4. The largest absolute Gasteiger partial charge is 0.294 e. The van der Waals surface area contributed by atoms with Crippen LogP contribution in [0.1, 0.15) is 38.5 Å². The van der Waals surface area contributed by atoms with Gasteiger partial charge in [-0.3, -0.25) is 29.5 Å². The van der Waals surface area contributed by atoms with Gasteiger partial charge in [-0.05, 0) is 46.5 Å². The second-order valence-corrected chi connectivity index (χ2v) is 10.8. The molecule has 1 aliphatic heterocycles. The Bertz CT molecular complexity index is 1810. The number of nitro groups is 1. The molecule has 4 aliphatic rings. The quantitative estimate of drug-likeness (QED) is 0.159. The number of hydrazone groups is 1. The molecule has 11 heteroatoms. The first-order chi connectivity index (χ1) is 20.3. The number of imide groups is 1. The lowest BCUT2D eigenvalue weighted by Gasteiger charge is -2.52. The highest BCUT2D eigenvalue weighted by molar-refractivity contribution is 6.31. The van der Waals surface area contributed by atoms with Gasteiger partial charge in [0, 0.05) is 41.2 Å². The van der Waals surface area contributed by atoms with Crippen molar-refractivity contribution in [3.63, 3.8) is 0 Å². The summed E-state index contributed by atoms with van der Waals surface area (Å²) in [5.41, 5.74) is 4.35. The van der Waals surface area contributed by atoms with Crippen molar-refractivity contribution < 1.29 is 19.3 Å². The number of aromatic nitrogens is 1. The van der Waals surface area contributed by atoms with E-state index in [0.29, 0.717) is 5.56 Å². The highest BCUT2D eigenvalue weighted by atomic mass is 35.5. The lowest BCUT2D eigenvalue weighted by atomic mass is 9.47. The number of benzene rings is 3. The zero-order chi connectivity index (χ0) is 29.2. The van der Waals surface area contributed by atoms with E-state index in [1.165, 1.54) is 30.7 Å². The summed E-state index contributed by atoms with van der Waals surface area (Å²) in [7, 11) is 0. The Morgan fingerprint density at radius 2 is 1.62 bits per heavy atom. The third-order valence-electron chi connectivity index (χ3n) is 8.44. The molecule has 8 rings (SSSR count). The minimum absolute atomic E-state index is 0.107. The Morgan fingerprint density at radius 3 is 2.26 bits per heavy atom. The fraction of sp³-hybridized carbons (Fsp3) is 0.129. The second kappa shape index (κ2) is 9.42. The smallest absolute Gasteiger partial charge is 0.274 e. The number of amides is 3. The average Bonchev–Trinajstić information content (AvgIpc) is 3.28. The van der Waals surface area contributed by atoms with Crippen LogP contribution in [-0.4, -0.2) is 33.8 Å². The second-order valence-electron chi connectivity index (χ2n) is 10.4. The number of halogens is 1. The lowest BCUT2D eigenvalue weighted by Crippen LogP contribution is -2.54. The van der Waals surface area contributed by atoms with E-state index >= 15 is 0 Å². The molecule has 1 aromatic heterocycles. The van der Waals surface area contributed by atoms with Crippen LogP contribution in [0, 0.1) is 22.0 Å². The lowest BCUT2D eigenvalue weighted by molar-refractivity contribution is -0.384. The van der Waals surface area contributed by atoms with E-state index in [0.717, 1.165) is 33.2 Å². The van der Waals surface area contributed by atoms with E-state index in [2.05, 4.69) is 15.5 Å². The number of anilines is 1. The molecule has 10 nitrogen and oxygen atoms in total. The SMILES string of the molecule is O=C(N/N=C\C12c3ccccc3C(c3ccccc31)[C@H]1C(=O)N(c3ccc(Cl)cc3[N+](=O)[O-])C(=O)[C@H]12)c1ccncc1. The molecule has 0 spiro atoms. The summed E-state index contributed by atoms with van der Waals surface area (Å²) in [6.07, 6.45) is 4.51. The Balaban J connectivity index is 1.42. The number of nitrogens with zero attached hydrogens (tertiary/aromatic N) is 4. The number of rotatable bonds is 5. The predicted molar refractivity (Wildman–Crippen MR) is 153 cm³/mol. The maximum atomic E-state index is 14.4. The van der Waals surface area contributed by atoms with Crippen LogP contribution in [0.25, 0.3) is 0 Å². The third-order valence-corrected chi connectivity index (χ3v) is 8.67. The maximum Gasteiger partial charge on any atom is 0.294 e. The first-order valence-corrected chi connectivity index (χ1v) is 13.5. The van der Waals surface area contributed by atoms with Crippen LogP contribution in [0.2, 0.25) is 5.02 Å². The summed E-state index contributed by atoms with van der Waals surface area (Å²) >= 11 is 6.04. The van der Waals surface area contributed by atoms with Crippen LogP contribution in [-0.2, 0) is 15.0 Å². The molecule has 3 aliphatic carbocycles. The van der Waals surface area contributed by atoms with E-state index < -0.39 is 51.5 Å². The topological polar surface area (TPSA) is 135 Å². The first-order valence-electron chi connectivity index (χ1n) is 13.1. The number of hydrogen-bond acceptors (Lipinski definition) is 7. The van der Waals surface area contributed by atoms with Gasteiger partial charge < -0.3 is 0 Å². The number of nitrogens with one attached hydrogen (secondary N) is 1. The van der Waals surface area contributed by atoms with Crippen LogP contribution in [0.3, 0.4) is 0 Å². The molecule has 0 saturated carbocycles. The highest BCUT2D eigenvalue weighted by Crippen LogP contribution is 2.64. The normalized spacial score (nSPS) is 23.5. The number of carbonyl (C=O) groups is 3. The molecule has 2 bridgehead atoms. The molecule has 1 saturated heterocycles. The number of hydrogen-bond donors (Lipinski definition) is 1.